The van der Waals surface area contributed by atoms with Gasteiger partial charge in [-0.15, -0.1) is 0 Å². The van der Waals surface area contributed by atoms with Gasteiger partial charge in [-0.05, 0) is 77.0 Å². The lowest BCUT2D eigenvalue weighted by molar-refractivity contribution is -0.166. The van der Waals surface area contributed by atoms with Crippen LogP contribution in [0.15, 0.2) is 85.1 Å². The maximum atomic E-state index is 12.8. The van der Waals surface area contributed by atoms with Crippen LogP contribution in [0, 0.1) is 0 Å². The molecule has 0 saturated carbocycles. The first-order valence-electron chi connectivity index (χ1n) is 26.1. The molecule has 0 rings (SSSR count). The molecule has 0 saturated heterocycles. The third-order valence-electron chi connectivity index (χ3n) is 10.9. The van der Waals surface area contributed by atoms with Crippen molar-refractivity contribution in [2.24, 2.45) is 0 Å². The van der Waals surface area contributed by atoms with Crippen LogP contribution in [-0.2, 0) is 28.6 Å². The Morgan fingerprint density at radius 2 is 0.651 bits per heavy atom. The molecule has 0 aromatic carbocycles. The van der Waals surface area contributed by atoms with E-state index in [1.54, 1.807) is 0 Å². The lowest BCUT2D eigenvalue weighted by Gasteiger charge is -2.18. The summed E-state index contributed by atoms with van der Waals surface area (Å²) in [5.41, 5.74) is 0. The molecule has 1 unspecified atom stereocenters. The van der Waals surface area contributed by atoms with E-state index >= 15 is 0 Å². The number of carbonyl (C=O) groups excluding carboxylic acids is 3. The first kappa shape index (κ1) is 59.6. The van der Waals surface area contributed by atoms with Gasteiger partial charge < -0.3 is 14.2 Å². The number of hydrogen-bond donors (Lipinski definition) is 0. The van der Waals surface area contributed by atoms with E-state index < -0.39 is 12.1 Å². The van der Waals surface area contributed by atoms with E-state index in [0.717, 1.165) is 103 Å². The van der Waals surface area contributed by atoms with Crippen LogP contribution in [0.25, 0.3) is 0 Å². The summed E-state index contributed by atoms with van der Waals surface area (Å²) in [4.78, 5) is 37.9. The molecule has 0 aromatic heterocycles. The summed E-state index contributed by atoms with van der Waals surface area (Å²) in [6.07, 6.45) is 65.8. The van der Waals surface area contributed by atoms with Gasteiger partial charge >= 0.3 is 17.9 Å². The molecule has 6 nitrogen and oxygen atoms in total. The van der Waals surface area contributed by atoms with E-state index in [0.29, 0.717) is 19.3 Å². The molecule has 0 aliphatic heterocycles. The number of esters is 3. The molecule has 0 N–H and O–H groups in total. The van der Waals surface area contributed by atoms with Crippen LogP contribution in [0.2, 0.25) is 0 Å². The van der Waals surface area contributed by atoms with E-state index in [9.17, 15) is 14.4 Å². The van der Waals surface area contributed by atoms with Gasteiger partial charge in [0.1, 0.15) is 13.2 Å². The zero-order valence-electron chi connectivity index (χ0n) is 41.1. The van der Waals surface area contributed by atoms with Crippen molar-refractivity contribution in [2.75, 3.05) is 13.2 Å². The van der Waals surface area contributed by atoms with E-state index in [4.69, 9.17) is 14.2 Å². The van der Waals surface area contributed by atoms with Crippen molar-refractivity contribution in [3.63, 3.8) is 0 Å². The van der Waals surface area contributed by atoms with Crippen LogP contribution in [0.5, 0.6) is 0 Å². The molecule has 63 heavy (non-hydrogen) atoms. The second-order valence-electron chi connectivity index (χ2n) is 17.0. The van der Waals surface area contributed by atoms with E-state index in [-0.39, 0.29) is 31.6 Å². The number of allylic oxidation sites excluding steroid dienone is 14. The van der Waals surface area contributed by atoms with Crippen molar-refractivity contribution in [3.05, 3.63) is 85.1 Å². The number of unbranched alkanes of at least 4 members (excludes halogenated alkanes) is 21. The SMILES string of the molecule is CC/C=C\C/C=C\C/C=C\C/C=C\C/C=C\CCC(=O)OC(COC(=O)CCCCCCC/C=C\C/C=C\CC)COC(=O)CCCCCCCCCCCCCCCCCCC. The molecule has 0 aliphatic rings. The van der Waals surface area contributed by atoms with Gasteiger partial charge in [0.2, 0.25) is 0 Å². The molecular formula is C57H96O6. The Balaban J connectivity index is 4.47. The molecular weight excluding hydrogens is 781 g/mol. The summed E-state index contributed by atoms with van der Waals surface area (Å²) >= 11 is 0. The van der Waals surface area contributed by atoms with E-state index in [2.05, 4.69) is 93.7 Å². The van der Waals surface area contributed by atoms with Crippen molar-refractivity contribution in [1.29, 1.82) is 0 Å². The summed E-state index contributed by atoms with van der Waals surface area (Å²) in [6.45, 7) is 6.34. The summed E-state index contributed by atoms with van der Waals surface area (Å²) in [7, 11) is 0. The summed E-state index contributed by atoms with van der Waals surface area (Å²) in [5.74, 6) is -1.01. The third kappa shape index (κ3) is 49.5. The Hall–Kier alpha value is -3.41. The zero-order chi connectivity index (χ0) is 45.8. The molecule has 1 atom stereocenters. The Morgan fingerprint density at radius 3 is 1.03 bits per heavy atom. The Morgan fingerprint density at radius 1 is 0.333 bits per heavy atom. The average Bonchev–Trinajstić information content (AvgIpc) is 3.28. The van der Waals surface area contributed by atoms with Gasteiger partial charge in [-0.1, -0.05) is 228 Å². The molecule has 360 valence electrons. The van der Waals surface area contributed by atoms with Crippen LogP contribution in [0.4, 0.5) is 0 Å². The molecule has 6 heteroatoms. The fraction of sp³-hybridized carbons (Fsp3) is 0.702. The molecule has 0 fully saturated rings. The first-order chi connectivity index (χ1) is 31.0. The monoisotopic (exact) mass is 877 g/mol. The van der Waals surface area contributed by atoms with Gasteiger partial charge in [0.25, 0.3) is 0 Å². The second-order valence-corrected chi connectivity index (χ2v) is 17.0. The highest BCUT2D eigenvalue weighted by Crippen LogP contribution is 2.15. The second kappa shape index (κ2) is 51.2. The standard InChI is InChI=1S/C57H96O6/c1-4-7-10-13-16-19-22-25-27-29-31-32-35-38-41-44-47-50-56(59)62-53-54(52-61-55(58)49-46-43-40-37-34-24-21-18-15-12-9-6-3)63-57(60)51-48-45-42-39-36-33-30-28-26-23-20-17-14-11-8-5-2/h8-9,11-12,17-18,20-21,26,28,33,36,42,45,54H,4-7,10,13-16,19,22-25,27,29-32,34-35,37-41,43-44,46-53H2,1-3H3/b11-8-,12-9-,20-17-,21-18-,28-26-,36-33-,45-42-. The van der Waals surface area contributed by atoms with Gasteiger partial charge in [0.05, 0.1) is 0 Å². The third-order valence-corrected chi connectivity index (χ3v) is 10.9. The van der Waals surface area contributed by atoms with Crippen molar-refractivity contribution >= 4 is 17.9 Å². The van der Waals surface area contributed by atoms with Crippen molar-refractivity contribution in [1.82, 2.24) is 0 Å². The predicted molar refractivity (Wildman–Crippen MR) is 270 cm³/mol. The molecule has 0 aromatic rings. The Labute approximate surface area is 388 Å². The maximum absolute atomic E-state index is 12.8. The van der Waals surface area contributed by atoms with Gasteiger partial charge in [-0.25, -0.2) is 0 Å². The minimum absolute atomic E-state index is 0.109. The Kier molecular flexibility index (Phi) is 48.5. The summed E-state index contributed by atoms with van der Waals surface area (Å²) in [5, 5.41) is 0. The van der Waals surface area contributed by atoms with Crippen molar-refractivity contribution in [2.45, 2.75) is 245 Å². The molecule has 0 heterocycles. The zero-order valence-corrected chi connectivity index (χ0v) is 41.1. The first-order valence-corrected chi connectivity index (χ1v) is 26.1. The van der Waals surface area contributed by atoms with Crippen LogP contribution in [0.1, 0.15) is 239 Å². The van der Waals surface area contributed by atoms with E-state index in [1.807, 2.05) is 12.2 Å². The number of carbonyl (C=O) groups is 3. The van der Waals surface area contributed by atoms with Gasteiger partial charge in [0.15, 0.2) is 6.10 Å². The maximum Gasteiger partial charge on any atom is 0.306 e. The van der Waals surface area contributed by atoms with Gasteiger partial charge in [0, 0.05) is 19.3 Å². The Bertz CT molecular complexity index is 1240. The van der Waals surface area contributed by atoms with Gasteiger partial charge in [-0.3, -0.25) is 14.4 Å². The predicted octanol–water partition coefficient (Wildman–Crippen LogP) is 17.2. The van der Waals surface area contributed by atoms with Crippen LogP contribution in [-0.4, -0.2) is 37.2 Å². The summed E-state index contributed by atoms with van der Waals surface area (Å²) < 4.78 is 16.7. The number of hydrogen-bond acceptors (Lipinski definition) is 6. The molecule has 0 amide bonds. The molecule has 0 radical (unpaired) electrons. The smallest absolute Gasteiger partial charge is 0.306 e. The van der Waals surface area contributed by atoms with Crippen LogP contribution >= 0.6 is 0 Å². The minimum Gasteiger partial charge on any atom is -0.462 e. The normalized spacial score (nSPS) is 12.7. The number of rotatable bonds is 46. The van der Waals surface area contributed by atoms with Gasteiger partial charge in [-0.2, -0.15) is 0 Å². The minimum atomic E-state index is -0.820. The fourth-order valence-electron chi connectivity index (χ4n) is 7.06. The summed E-state index contributed by atoms with van der Waals surface area (Å²) in [6, 6.07) is 0. The largest absolute Gasteiger partial charge is 0.462 e. The fourth-order valence-corrected chi connectivity index (χ4v) is 7.06. The average molecular weight is 877 g/mol. The molecule has 0 bridgehead atoms. The lowest BCUT2D eigenvalue weighted by Crippen LogP contribution is -2.30. The molecule has 0 aliphatic carbocycles. The lowest BCUT2D eigenvalue weighted by atomic mass is 10.0. The highest BCUT2D eigenvalue weighted by molar-refractivity contribution is 5.71. The molecule has 0 spiro atoms. The highest BCUT2D eigenvalue weighted by Gasteiger charge is 2.19. The quantitative estimate of drug-likeness (QED) is 0.0262. The van der Waals surface area contributed by atoms with Crippen molar-refractivity contribution in [3.8, 4) is 0 Å². The van der Waals surface area contributed by atoms with Crippen LogP contribution < -0.4 is 0 Å². The van der Waals surface area contributed by atoms with Crippen LogP contribution in [0.3, 0.4) is 0 Å². The highest BCUT2D eigenvalue weighted by atomic mass is 16.6. The number of ether oxygens (including phenoxy) is 3. The topological polar surface area (TPSA) is 78.9 Å². The van der Waals surface area contributed by atoms with Crippen molar-refractivity contribution < 1.29 is 28.6 Å². The van der Waals surface area contributed by atoms with E-state index in [1.165, 1.54) is 89.9 Å².